The number of carbonyl (C=O) groups excluding carboxylic acids is 3. The number of esters is 3. The molecule has 0 saturated heterocycles. The average molecular weight is 1050 g/mol. The molecule has 0 aliphatic carbocycles. The van der Waals surface area contributed by atoms with E-state index in [2.05, 4.69) is 154 Å². The smallest absolute Gasteiger partial charge is 0.306 e. The molecule has 0 spiro atoms. The van der Waals surface area contributed by atoms with Gasteiger partial charge < -0.3 is 14.2 Å². The Balaban J connectivity index is 4.14. The van der Waals surface area contributed by atoms with Crippen molar-refractivity contribution in [3.63, 3.8) is 0 Å². The molecular weight excluding hydrogens is 937 g/mol. The monoisotopic (exact) mass is 1050 g/mol. The van der Waals surface area contributed by atoms with Crippen molar-refractivity contribution in [2.75, 3.05) is 13.2 Å². The predicted octanol–water partition coefficient (Wildman–Crippen LogP) is 21.4. The molecule has 0 bridgehead atoms. The molecule has 0 heterocycles. The van der Waals surface area contributed by atoms with Crippen LogP contribution in [-0.2, 0) is 28.6 Å². The minimum atomic E-state index is -0.786. The number of rotatable bonds is 55. The van der Waals surface area contributed by atoms with Crippen molar-refractivity contribution >= 4 is 17.9 Å². The van der Waals surface area contributed by atoms with Crippen LogP contribution in [0.15, 0.2) is 134 Å². The summed E-state index contributed by atoms with van der Waals surface area (Å²) in [4.78, 5) is 38.0. The summed E-state index contributed by atoms with van der Waals surface area (Å²) in [5.74, 6) is -0.910. The van der Waals surface area contributed by atoms with Gasteiger partial charge in [0.25, 0.3) is 0 Å². The van der Waals surface area contributed by atoms with Crippen LogP contribution in [0, 0.1) is 0 Å². The van der Waals surface area contributed by atoms with Crippen LogP contribution in [0.2, 0.25) is 0 Å². The molecule has 6 heteroatoms. The highest BCUT2D eigenvalue weighted by Crippen LogP contribution is 2.15. The van der Waals surface area contributed by atoms with Gasteiger partial charge in [-0.15, -0.1) is 0 Å². The SMILES string of the molecule is CC/C=C\C/C=C\C/C=C\C/C=C\C/C=C\C/C=C\C/C=C\CCCCCCCCCCCC(=O)OCC(COC(=O)CCCCCCCC)OC(=O)CCCCCCCCCC/C=C\C/C=C\C/C=C\C/C=C\CC. The summed E-state index contributed by atoms with van der Waals surface area (Å²) in [7, 11) is 0. The lowest BCUT2D eigenvalue weighted by atomic mass is 10.1. The molecule has 0 aromatic carbocycles. The second-order valence-corrected chi connectivity index (χ2v) is 20.2. The van der Waals surface area contributed by atoms with Gasteiger partial charge in [-0.3, -0.25) is 14.4 Å². The van der Waals surface area contributed by atoms with Gasteiger partial charge >= 0.3 is 17.9 Å². The number of ether oxygens (including phenoxy) is 3. The summed E-state index contributed by atoms with van der Waals surface area (Å²) in [6.07, 6.45) is 89.1. The van der Waals surface area contributed by atoms with Crippen molar-refractivity contribution in [3.05, 3.63) is 134 Å². The van der Waals surface area contributed by atoms with E-state index in [-0.39, 0.29) is 31.1 Å². The Morgan fingerprint density at radius 1 is 0.276 bits per heavy atom. The third-order valence-electron chi connectivity index (χ3n) is 12.9. The third-order valence-corrected chi connectivity index (χ3v) is 12.9. The zero-order valence-electron chi connectivity index (χ0n) is 49.2. The van der Waals surface area contributed by atoms with E-state index in [0.29, 0.717) is 19.3 Å². The summed E-state index contributed by atoms with van der Waals surface area (Å²) in [5, 5.41) is 0. The van der Waals surface area contributed by atoms with Crippen molar-refractivity contribution in [2.24, 2.45) is 0 Å². The Bertz CT molecular complexity index is 1630. The summed E-state index contributed by atoms with van der Waals surface area (Å²) >= 11 is 0. The van der Waals surface area contributed by atoms with Crippen LogP contribution in [0.25, 0.3) is 0 Å². The van der Waals surface area contributed by atoms with Gasteiger partial charge in [-0.25, -0.2) is 0 Å². The lowest BCUT2D eigenvalue weighted by Gasteiger charge is -2.18. The third kappa shape index (κ3) is 60.4. The van der Waals surface area contributed by atoms with Crippen LogP contribution < -0.4 is 0 Å². The standard InChI is InChI=1S/C70H114O6/c1-4-7-10-13-16-18-20-22-24-26-28-30-31-32-33-34-35-36-37-38-39-41-42-44-46-48-50-52-54-57-60-63-69(72)75-66-67(65-74-68(71)62-59-56-15-12-9-6-3)76-70(73)64-61-58-55-53-51-49-47-45-43-40-29-27-25-23-21-19-17-14-11-8-5-2/h7-8,10-11,16-19,22-25,28-30,32-33,35-36,38-40,67H,4-6,9,12-15,20-21,26-27,31,34,37,41-66H2,1-3H3/b10-7-,11-8-,18-16-,19-17-,24-22-,25-23-,30-28-,33-32-,36-35-,39-38-,40-29-. The van der Waals surface area contributed by atoms with Crippen molar-refractivity contribution in [3.8, 4) is 0 Å². The molecule has 0 amide bonds. The van der Waals surface area contributed by atoms with Crippen LogP contribution in [0.3, 0.4) is 0 Å². The first-order valence-electron chi connectivity index (χ1n) is 31.2. The van der Waals surface area contributed by atoms with Crippen molar-refractivity contribution < 1.29 is 28.6 Å². The van der Waals surface area contributed by atoms with Gasteiger partial charge in [-0.05, 0) is 116 Å². The van der Waals surface area contributed by atoms with Gasteiger partial charge in [0.1, 0.15) is 13.2 Å². The highest BCUT2D eigenvalue weighted by molar-refractivity contribution is 5.71. The largest absolute Gasteiger partial charge is 0.462 e. The van der Waals surface area contributed by atoms with Crippen molar-refractivity contribution in [2.45, 2.75) is 277 Å². The van der Waals surface area contributed by atoms with E-state index in [4.69, 9.17) is 14.2 Å². The molecule has 1 unspecified atom stereocenters. The van der Waals surface area contributed by atoms with Gasteiger partial charge in [0, 0.05) is 19.3 Å². The van der Waals surface area contributed by atoms with E-state index in [1.807, 2.05) is 0 Å². The molecular formula is C70H114O6. The first-order valence-corrected chi connectivity index (χ1v) is 31.2. The first-order chi connectivity index (χ1) is 37.5. The fraction of sp³-hybridized carbons (Fsp3) is 0.643. The molecule has 6 nitrogen and oxygen atoms in total. The molecule has 0 saturated carbocycles. The molecule has 430 valence electrons. The van der Waals surface area contributed by atoms with Gasteiger partial charge in [0.2, 0.25) is 0 Å². The van der Waals surface area contributed by atoms with E-state index in [0.717, 1.165) is 141 Å². The Kier molecular flexibility index (Phi) is 59.4. The van der Waals surface area contributed by atoms with Crippen LogP contribution >= 0.6 is 0 Å². The minimum Gasteiger partial charge on any atom is -0.462 e. The van der Waals surface area contributed by atoms with Gasteiger partial charge in [0.05, 0.1) is 0 Å². The molecule has 76 heavy (non-hydrogen) atoms. The highest BCUT2D eigenvalue weighted by atomic mass is 16.6. The molecule has 0 fully saturated rings. The Morgan fingerprint density at radius 2 is 0.513 bits per heavy atom. The highest BCUT2D eigenvalue weighted by Gasteiger charge is 2.19. The van der Waals surface area contributed by atoms with Crippen LogP contribution in [-0.4, -0.2) is 37.2 Å². The maximum atomic E-state index is 12.8. The zero-order valence-corrected chi connectivity index (χ0v) is 49.2. The summed E-state index contributed by atoms with van der Waals surface area (Å²) in [6, 6.07) is 0. The number of unbranched alkanes of at least 4 members (excludes halogenated alkanes) is 22. The van der Waals surface area contributed by atoms with Gasteiger partial charge in [0.15, 0.2) is 6.10 Å². The second kappa shape index (κ2) is 63.1. The van der Waals surface area contributed by atoms with Crippen LogP contribution in [0.4, 0.5) is 0 Å². The predicted molar refractivity (Wildman–Crippen MR) is 329 cm³/mol. The number of allylic oxidation sites excluding steroid dienone is 22. The second-order valence-electron chi connectivity index (χ2n) is 20.2. The summed E-state index contributed by atoms with van der Waals surface area (Å²) in [5.41, 5.74) is 0. The number of hydrogen-bond donors (Lipinski definition) is 0. The first kappa shape index (κ1) is 71.5. The van der Waals surface area contributed by atoms with E-state index in [1.165, 1.54) is 89.9 Å². The molecule has 0 radical (unpaired) electrons. The van der Waals surface area contributed by atoms with Crippen molar-refractivity contribution in [1.82, 2.24) is 0 Å². The van der Waals surface area contributed by atoms with Gasteiger partial charge in [-0.1, -0.05) is 270 Å². The quantitative estimate of drug-likeness (QED) is 0.0261. The fourth-order valence-corrected chi connectivity index (χ4v) is 8.30. The Morgan fingerprint density at radius 3 is 0.803 bits per heavy atom. The maximum Gasteiger partial charge on any atom is 0.306 e. The molecule has 0 N–H and O–H groups in total. The van der Waals surface area contributed by atoms with E-state index < -0.39 is 6.10 Å². The fourth-order valence-electron chi connectivity index (χ4n) is 8.30. The van der Waals surface area contributed by atoms with E-state index >= 15 is 0 Å². The molecule has 0 aliphatic heterocycles. The van der Waals surface area contributed by atoms with Gasteiger partial charge in [-0.2, -0.15) is 0 Å². The Hall–Kier alpha value is -4.45. The minimum absolute atomic E-state index is 0.0856. The molecule has 0 aromatic heterocycles. The maximum absolute atomic E-state index is 12.8. The Labute approximate surface area is 468 Å². The average Bonchev–Trinajstić information content (AvgIpc) is 3.42. The van der Waals surface area contributed by atoms with E-state index in [9.17, 15) is 14.4 Å². The van der Waals surface area contributed by atoms with Crippen LogP contribution in [0.5, 0.6) is 0 Å². The molecule has 1 atom stereocenters. The van der Waals surface area contributed by atoms with Crippen molar-refractivity contribution in [1.29, 1.82) is 0 Å². The molecule has 0 rings (SSSR count). The lowest BCUT2D eigenvalue weighted by Crippen LogP contribution is -2.30. The normalized spacial score (nSPS) is 13.0. The summed E-state index contributed by atoms with van der Waals surface area (Å²) < 4.78 is 16.8. The number of carbonyl (C=O) groups is 3. The zero-order chi connectivity index (χ0) is 55.0. The topological polar surface area (TPSA) is 78.9 Å². The number of hydrogen-bond acceptors (Lipinski definition) is 6. The molecule has 0 aromatic rings. The van der Waals surface area contributed by atoms with Crippen LogP contribution in [0.1, 0.15) is 271 Å². The lowest BCUT2D eigenvalue weighted by molar-refractivity contribution is -0.167. The molecule has 0 aliphatic rings. The van der Waals surface area contributed by atoms with E-state index in [1.54, 1.807) is 0 Å². The summed E-state index contributed by atoms with van der Waals surface area (Å²) in [6.45, 7) is 6.34.